The molecule has 1 amide bonds. The Kier molecular flexibility index (Phi) is 6.29. The Bertz CT molecular complexity index is 572. The molecule has 0 aliphatic heterocycles. The molecule has 0 bridgehead atoms. The second kappa shape index (κ2) is 7.51. The number of hydrogen-bond donors (Lipinski definition) is 1. The maximum absolute atomic E-state index is 12.8. The molecule has 118 valence electrons. The summed E-state index contributed by atoms with van der Waals surface area (Å²) in [7, 11) is -2.47. The molecule has 0 radical (unpaired) electrons. The largest absolute Gasteiger partial charge is 0.353 e. The van der Waals surface area contributed by atoms with Gasteiger partial charge in [-0.05, 0) is 37.6 Å². The molecule has 0 fully saturated rings. The highest BCUT2D eigenvalue weighted by atomic mass is 32.2. The Balaban J connectivity index is 2.71. The van der Waals surface area contributed by atoms with Gasteiger partial charge in [0.05, 0.1) is 11.4 Å². The fourth-order valence-electron chi connectivity index (χ4n) is 1.90. The first-order valence-corrected chi connectivity index (χ1v) is 8.22. The van der Waals surface area contributed by atoms with E-state index in [-0.39, 0.29) is 23.4 Å². The maximum atomic E-state index is 12.8. The van der Waals surface area contributed by atoms with Gasteiger partial charge in [0.2, 0.25) is 15.9 Å². The van der Waals surface area contributed by atoms with Crippen LogP contribution in [0.15, 0.2) is 29.2 Å². The van der Waals surface area contributed by atoms with Crippen LogP contribution >= 0.6 is 0 Å². The number of rotatable bonds is 7. The van der Waals surface area contributed by atoms with Gasteiger partial charge in [0.1, 0.15) is 5.82 Å². The van der Waals surface area contributed by atoms with Gasteiger partial charge in [-0.2, -0.15) is 4.31 Å². The van der Waals surface area contributed by atoms with E-state index in [1.165, 1.54) is 19.2 Å². The van der Waals surface area contributed by atoms with Crippen LogP contribution in [0.25, 0.3) is 0 Å². The number of sulfonamides is 1. The van der Waals surface area contributed by atoms with Crippen LogP contribution in [0.5, 0.6) is 0 Å². The van der Waals surface area contributed by atoms with Crippen LogP contribution in [-0.2, 0) is 14.8 Å². The van der Waals surface area contributed by atoms with E-state index in [1.807, 2.05) is 13.8 Å². The lowest BCUT2D eigenvalue weighted by atomic mass is 10.2. The monoisotopic (exact) mass is 316 g/mol. The lowest BCUT2D eigenvalue weighted by molar-refractivity contribution is -0.121. The standard InChI is InChI=1S/C14H21FN2O3S/c1-4-5-11(2)16-14(18)10-17(3)21(19,20)13-8-6-12(15)7-9-13/h6-9,11H,4-5,10H2,1-3H3,(H,16,18)/t11-/m1/s1. The highest BCUT2D eigenvalue weighted by Gasteiger charge is 2.23. The van der Waals surface area contributed by atoms with Gasteiger partial charge in [-0.1, -0.05) is 13.3 Å². The highest BCUT2D eigenvalue weighted by molar-refractivity contribution is 7.89. The Labute approximate surface area is 125 Å². The zero-order valence-electron chi connectivity index (χ0n) is 12.5. The van der Waals surface area contributed by atoms with Crippen molar-refractivity contribution in [3.8, 4) is 0 Å². The quantitative estimate of drug-likeness (QED) is 0.833. The van der Waals surface area contributed by atoms with E-state index in [4.69, 9.17) is 0 Å². The Morgan fingerprint density at radius 1 is 1.33 bits per heavy atom. The van der Waals surface area contributed by atoms with Crippen LogP contribution in [0.1, 0.15) is 26.7 Å². The SMILES string of the molecule is CCC[C@@H](C)NC(=O)CN(C)S(=O)(=O)c1ccc(F)cc1. The molecular formula is C14H21FN2O3S. The number of likely N-dealkylation sites (N-methyl/N-ethyl adjacent to an activating group) is 1. The maximum Gasteiger partial charge on any atom is 0.243 e. The number of benzene rings is 1. The predicted molar refractivity (Wildman–Crippen MR) is 78.7 cm³/mol. The topological polar surface area (TPSA) is 66.5 Å². The summed E-state index contributed by atoms with van der Waals surface area (Å²) in [4.78, 5) is 11.8. The molecule has 0 aromatic heterocycles. The van der Waals surface area contributed by atoms with E-state index < -0.39 is 15.8 Å². The van der Waals surface area contributed by atoms with E-state index in [2.05, 4.69) is 5.32 Å². The fourth-order valence-corrected chi connectivity index (χ4v) is 3.03. The number of carbonyl (C=O) groups is 1. The van der Waals surface area contributed by atoms with Gasteiger partial charge in [0.15, 0.2) is 0 Å². The average molecular weight is 316 g/mol. The first kappa shape index (κ1) is 17.6. The second-order valence-electron chi connectivity index (χ2n) is 4.97. The molecule has 5 nitrogen and oxygen atoms in total. The van der Waals surface area contributed by atoms with Crippen LogP contribution in [0, 0.1) is 5.82 Å². The predicted octanol–water partition coefficient (Wildman–Crippen LogP) is 1.75. The molecule has 7 heteroatoms. The molecular weight excluding hydrogens is 295 g/mol. The van der Waals surface area contributed by atoms with E-state index in [1.54, 1.807) is 0 Å². The van der Waals surface area contributed by atoms with Crippen molar-refractivity contribution in [1.29, 1.82) is 0 Å². The van der Waals surface area contributed by atoms with Crippen LogP contribution in [0.3, 0.4) is 0 Å². The lowest BCUT2D eigenvalue weighted by Gasteiger charge is -2.19. The van der Waals surface area contributed by atoms with Crippen molar-refractivity contribution in [2.24, 2.45) is 0 Å². The highest BCUT2D eigenvalue weighted by Crippen LogP contribution is 2.14. The first-order chi connectivity index (χ1) is 9.77. The van der Waals surface area contributed by atoms with Crippen molar-refractivity contribution in [2.75, 3.05) is 13.6 Å². The molecule has 0 unspecified atom stereocenters. The molecule has 0 saturated carbocycles. The molecule has 0 spiro atoms. The summed E-state index contributed by atoms with van der Waals surface area (Å²) in [5, 5.41) is 2.74. The molecule has 0 heterocycles. The van der Waals surface area contributed by atoms with Crippen LogP contribution in [0.4, 0.5) is 4.39 Å². The number of halogens is 1. The third kappa shape index (κ3) is 5.09. The summed E-state index contributed by atoms with van der Waals surface area (Å²) in [5.41, 5.74) is 0. The van der Waals surface area contributed by atoms with Crippen molar-refractivity contribution in [3.63, 3.8) is 0 Å². The van der Waals surface area contributed by atoms with Gasteiger partial charge >= 0.3 is 0 Å². The van der Waals surface area contributed by atoms with Crippen molar-refractivity contribution < 1.29 is 17.6 Å². The van der Waals surface area contributed by atoms with Crippen molar-refractivity contribution >= 4 is 15.9 Å². The summed E-state index contributed by atoms with van der Waals surface area (Å²) in [5.74, 6) is -0.869. The minimum atomic E-state index is -3.79. The Morgan fingerprint density at radius 3 is 2.43 bits per heavy atom. The zero-order valence-corrected chi connectivity index (χ0v) is 13.3. The fraction of sp³-hybridized carbons (Fsp3) is 0.500. The molecule has 1 aromatic rings. The third-order valence-electron chi connectivity index (χ3n) is 3.02. The van der Waals surface area contributed by atoms with Gasteiger partial charge in [0, 0.05) is 13.1 Å². The summed E-state index contributed by atoms with van der Waals surface area (Å²) in [6.45, 7) is 3.61. The minimum absolute atomic E-state index is 0.00410. The molecule has 1 rings (SSSR count). The van der Waals surface area contributed by atoms with E-state index in [9.17, 15) is 17.6 Å². The summed E-state index contributed by atoms with van der Waals surface area (Å²) in [6.07, 6.45) is 1.77. The number of hydrogen-bond acceptors (Lipinski definition) is 3. The van der Waals surface area contributed by atoms with Crippen molar-refractivity contribution in [3.05, 3.63) is 30.1 Å². The van der Waals surface area contributed by atoms with E-state index in [0.29, 0.717) is 0 Å². The average Bonchev–Trinajstić information content (AvgIpc) is 2.39. The van der Waals surface area contributed by atoms with Crippen LogP contribution in [0.2, 0.25) is 0 Å². The van der Waals surface area contributed by atoms with E-state index >= 15 is 0 Å². The summed E-state index contributed by atoms with van der Waals surface area (Å²) in [6, 6.07) is 4.51. The van der Waals surface area contributed by atoms with Crippen molar-refractivity contribution in [1.82, 2.24) is 9.62 Å². The van der Waals surface area contributed by atoms with Crippen LogP contribution in [-0.4, -0.2) is 38.3 Å². The number of nitrogens with one attached hydrogen (secondary N) is 1. The van der Waals surface area contributed by atoms with Gasteiger partial charge in [-0.25, -0.2) is 12.8 Å². The normalized spacial score (nSPS) is 13.2. The first-order valence-electron chi connectivity index (χ1n) is 6.78. The van der Waals surface area contributed by atoms with Gasteiger partial charge < -0.3 is 5.32 Å². The summed E-state index contributed by atoms with van der Waals surface area (Å²) < 4.78 is 38.2. The lowest BCUT2D eigenvalue weighted by Crippen LogP contribution is -2.41. The third-order valence-corrected chi connectivity index (χ3v) is 4.83. The number of carbonyl (C=O) groups excluding carboxylic acids is 1. The van der Waals surface area contributed by atoms with Gasteiger partial charge in [-0.3, -0.25) is 4.79 Å². The molecule has 0 aliphatic carbocycles. The molecule has 1 N–H and O–H groups in total. The minimum Gasteiger partial charge on any atom is -0.353 e. The van der Waals surface area contributed by atoms with Crippen molar-refractivity contribution in [2.45, 2.75) is 37.6 Å². The second-order valence-corrected chi connectivity index (χ2v) is 7.02. The summed E-state index contributed by atoms with van der Waals surface area (Å²) >= 11 is 0. The molecule has 1 atom stereocenters. The smallest absolute Gasteiger partial charge is 0.243 e. The Hall–Kier alpha value is -1.47. The van der Waals surface area contributed by atoms with Gasteiger partial charge in [0.25, 0.3) is 0 Å². The molecule has 21 heavy (non-hydrogen) atoms. The van der Waals surface area contributed by atoms with E-state index in [0.717, 1.165) is 29.3 Å². The van der Waals surface area contributed by atoms with Crippen LogP contribution < -0.4 is 5.32 Å². The molecule has 0 aliphatic rings. The number of amides is 1. The number of nitrogens with zero attached hydrogens (tertiary/aromatic N) is 1. The molecule has 1 aromatic carbocycles. The Morgan fingerprint density at radius 2 is 1.90 bits per heavy atom. The zero-order chi connectivity index (χ0) is 16.0. The molecule has 0 saturated heterocycles. The van der Waals surface area contributed by atoms with Gasteiger partial charge in [-0.15, -0.1) is 0 Å².